The van der Waals surface area contributed by atoms with E-state index in [0.29, 0.717) is 19.1 Å². The summed E-state index contributed by atoms with van der Waals surface area (Å²) in [4.78, 5) is 11.3. The Morgan fingerprint density at radius 2 is 2.38 bits per heavy atom. The van der Waals surface area contributed by atoms with Crippen molar-refractivity contribution in [2.75, 3.05) is 19.8 Å². The molecule has 0 aromatic rings. The first-order valence-corrected chi connectivity index (χ1v) is 6.21. The van der Waals surface area contributed by atoms with Crippen molar-refractivity contribution < 1.29 is 19.0 Å². The van der Waals surface area contributed by atoms with Gasteiger partial charge in [-0.25, -0.2) is 0 Å². The summed E-state index contributed by atoms with van der Waals surface area (Å²) in [6.45, 7) is 3.84. The highest BCUT2D eigenvalue weighted by atomic mass is 16.7. The molecule has 16 heavy (non-hydrogen) atoms. The lowest BCUT2D eigenvalue weighted by molar-refractivity contribution is -0.145. The third-order valence-corrected chi connectivity index (χ3v) is 3.19. The Hall–Kier alpha value is -0.610. The topological polar surface area (TPSA) is 44.8 Å². The molecule has 4 heteroatoms. The second-order valence-corrected chi connectivity index (χ2v) is 4.46. The van der Waals surface area contributed by atoms with Gasteiger partial charge in [0.15, 0.2) is 6.29 Å². The highest BCUT2D eigenvalue weighted by Gasteiger charge is 2.43. The zero-order chi connectivity index (χ0) is 11.4. The van der Waals surface area contributed by atoms with Crippen molar-refractivity contribution in [2.24, 2.45) is 11.8 Å². The number of esters is 1. The quantitative estimate of drug-likeness (QED) is 0.649. The summed E-state index contributed by atoms with van der Waals surface area (Å²) in [5, 5.41) is 0. The van der Waals surface area contributed by atoms with Gasteiger partial charge in [-0.1, -0.05) is 0 Å². The third-order valence-electron chi connectivity index (χ3n) is 3.19. The first-order valence-electron chi connectivity index (χ1n) is 6.21. The Bertz CT molecular complexity index is 235. The second kappa shape index (κ2) is 5.64. The molecule has 0 bridgehead atoms. The van der Waals surface area contributed by atoms with Crippen LogP contribution in [0.15, 0.2) is 0 Å². The van der Waals surface area contributed by atoms with Crippen LogP contribution in [0.25, 0.3) is 0 Å². The summed E-state index contributed by atoms with van der Waals surface area (Å²) in [7, 11) is 0. The SMILES string of the molecule is CCOC(=O)C1CC1CCOC1CCCO1. The van der Waals surface area contributed by atoms with Gasteiger partial charge in [0.2, 0.25) is 0 Å². The molecule has 1 saturated heterocycles. The van der Waals surface area contributed by atoms with Crippen molar-refractivity contribution in [3.05, 3.63) is 0 Å². The van der Waals surface area contributed by atoms with Crippen LogP contribution in [0.4, 0.5) is 0 Å². The standard InChI is InChI=1S/C12H20O4/c1-2-14-12(13)10-8-9(10)5-7-16-11-4-3-6-15-11/h9-11H,2-8H2,1H3. The Kier molecular flexibility index (Phi) is 4.18. The maximum atomic E-state index is 11.3. The van der Waals surface area contributed by atoms with Crippen LogP contribution in [-0.4, -0.2) is 32.1 Å². The van der Waals surface area contributed by atoms with E-state index in [9.17, 15) is 4.79 Å². The molecule has 0 aromatic carbocycles. The van der Waals surface area contributed by atoms with Crippen LogP contribution in [0.5, 0.6) is 0 Å². The van der Waals surface area contributed by atoms with E-state index in [-0.39, 0.29) is 18.2 Å². The van der Waals surface area contributed by atoms with Gasteiger partial charge in [-0.05, 0) is 32.1 Å². The number of rotatable bonds is 6. The number of carbonyl (C=O) groups is 1. The van der Waals surface area contributed by atoms with Gasteiger partial charge in [-0.3, -0.25) is 4.79 Å². The molecule has 2 rings (SSSR count). The van der Waals surface area contributed by atoms with Crippen LogP contribution in [0.2, 0.25) is 0 Å². The summed E-state index contributed by atoms with van der Waals surface area (Å²) in [5.41, 5.74) is 0. The van der Waals surface area contributed by atoms with E-state index in [4.69, 9.17) is 14.2 Å². The highest BCUT2D eigenvalue weighted by Crippen LogP contribution is 2.42. The first-order chi connectivity index (χ1) is 7.81. The molecule has 0 amide bonds. The van der Waals surface area contributed by atoms with E-state index in [1.54, 1.807) is 0 Å². The summed E-state index contributed by atoms with van der Waals surface area (Å²) in [6, 6.07) is 0. The molecule has 92 valence electrons. The van der Waals surface area contributed by atoms with Gasteiger partial charge in [-0.2, -0.15) is 0 Å². The van der Waals surface area contributed by atoms with Gasteiger partial charge in [0.25, 0.3) is 0 Å². The third kappa shape index (κ3) is 3.19. The minimum Gasteiger partial charge on any atom is -0.466 e. The second-order valence-electron chi connectivity index (χ2n) is 4.46. The van der Waals surface area contributed by atoms with Crippen LogP contribution in [0.3, 0.4) is 0 Å². The van der Waals surface area contributed by atoms with E-state index in [2.05, 4.69) is 0 Å². The van der Waals surface area contributed by atoms with Crippen molar-refractivity contribution in [2.45, 2.75) is 38.9 Å². The fourth-order valence-corrected chi connectivity index (χ4v) is 2.14. The number of hydrogen-bond donors (Lipinski definition) is 0. The molecule has 1 aliphatic heterocycles. The van der Waals surface area contributed by atoms with E-state index < -0.39 is 0 Å². The minimum atomic E-state index is -0.0374. The van der Waals surface area contributed by atoms with Crippen molar-refractivity contribution in [1.82, 2.24) is 0 Å². The van der Waals surface area contributed by atoms with Gasteiger partial charge in [0, 0.05) is 13.0 Å². The van der Waals surface area contributed by atoms with Crippen LogP contribution < -0.4 is 0 Å². The molecule has 0 radical (unpaired) electrons. The van der Waals surface area contributed by atoms with Crippen molar-refractivity contribution in [3.63, 3.8) is 0 Å². The molecule has 4 nitrogen and oxygen atoms in total. The average molecular weight is 228 g/mol. The predicted molar refractivity (Wildman–Crippen MR) is 57.8 cm³/mol. The summed E-state index contributed by atoms with van der Waals surface area (Å²) < 4.78 is 15.9. The first kappa shape index (κ1) is 11.9. The van der Waals surface area contributed by atoms with Gasteiger partial charge in [0.05, 0.1) is 19.1 Å². The molecule has 2 fully saturated rings. The van der Waals surface area contributed by atoms with Gasteiger partial charge in [0.1, 0.15) is 0 Å². The van der Waals surface area contributed by atoms with E-state index in [0.717, 1.165) is 32.3 Å². The lowest BCUT2D eigenvalue weighted by Crippen LogP contribution is -2.13. The van der Waals surface area contributed by atoms with Crippen molar-refractivity contribution >= 4 is 5.97 Å². The zero-order valence-electron chi connectivity index (χ0n) is 9.81. The summed E-state index contributed by atoms with van der Waals surface area (Å²) in [6.07, 6.45) is 4.02. The van der Waals surface area contributed by atoms with E-state index >= 15 is 0 Å². The molecular formula is C12H20O4. The van der Waals surface area contributed by atoms with Gasteiger partial charge >= 0.3 is 5.97 Å². The smallest absolute Gasteiger partial charge is 0.309 e. The van der Waals surface area contributed by atoms with Gasteiger partial charge in [-0.15, -0.1) is 0 Å². The Morgan fingerprint density at radius 1 is 1.50 bits per heavy atom. The molecular weight excluding hydrogens is 208 g/mol. The molecule has 3 unspecified atom stereocenters. The molecule has 0 N–H and O–H groups in total. The van der Waals surface area contributed by atoms with E-state index in [1.165, 1.54) is 0 Å². The van der Waals surface area contributed by atoms with Crippen LogP contribution >= 0.6 is 0 Å². The average Bonchev–Trinajstić information content (AvgIpc) is 2.85. The predicted octanol–water partition coefficient (Wildman–Crippen LogP) is 1.73. The maximum absolute atomic E-state index is 11.3. The summed E-state index contributed by atoms with van der Waals surface area (Å²) in [5.74, 6) is 0.568. The fraction of sp³-hybridized carbons (Fsp3) is 0.917. The number of carbonyl (C=O) groups excluding carboxylic acids is 1. The van der Waals surface area contributed by atoms with Crippen LogP contribution in [0, 0.1) is 11.8 Å². The molecule has 0 aromatic heterocycles. The van der Waals surface area contributed by atoms with Gasteiger partial charge < -0.3 is 14.2 Å². The van der Waals surface area contributed by atoms with Crippen LogP contribution in [0.1, 0.15) is 32.6 Å². The number of ether oxygens (including phenoxy) is 3. The van der Waals surface area contributed by atoms with Crippen molar-refractivity contribution in [3.8, 4) is 0 Å². The maximum Gasteiger partial charge on any atom is 0.309 e. The normalized spacial score (nSPS) is 32.7. The van der Waals surface area contributed by atoms with E-state index in [1.807, 2.05) is 6.92 Å². The van der Waals surface area contributed by atoms with Crippen LogP contribution in [-0.2, 0) is 19.0 Å². The highest BCUT2D eigenvalue weighted by molar-refractivity contribution is 5.75. The Labute approximate surface area is 96.2 Å². The molecule has 1 heterocycles. The molecule has 3 atom stereocenters. The fourth-order valence-electron chi connectivity index (χ4n) is 2.14. The largest absolute Gasteiger partial charge is 0.466 e. The Balaban J connectivity index is 1.53. The summed E-state index contributed by atoms with van der Waals surface area (Å²) >= 11 is 0. The Morgan fingerprint density at radius 3 is 3.06 bits per heavy atom. The molecule has 2 aliphatic rings. The lowest BCUT2D eigenvalue weighted by Gasteiger charge is -2.10. The molecule has 0 spiro atoms. The zero-order valence-corrected chi connectivity index (χ0v) is 9.81. The molecule has 1 saturated carbocycles. The molecule has 1 aliphatic carbocycles. The minimum absolute atomic E-state index is 0.000191. The monoisotopic (exact) mass is 228 g/mol. The lowest BCUT2D eigenvalue weighted by atomic mass is 10.2. The number of hydrogen-bond acceptors (Lipinski definition) is 4. The van der Waals surface area contributed by atoms with Crippen molar-refractivity contribution in [1.29, 1.82) is 0 Å².